The molecule has 1 aromatic carbocycles. The molecule has 0 spiro atoms. The lowest BCUT2D eigenvalue weighted by Crippen LogP contribution is -2.46. The lowest BCUT2D eigenvalue weighted by molar-refractivity contribution is -0.183. The van der Waals surface area contributed by atoms with Gasteiger partial charge in [-0.1, -0.05) is 50.1 Å². The van der Waals surface area contributed by atoms with Crippen LogP contribution < -0.4 is 0 Å². The Kier molecular flexibility index (Phi) is 8.26. The first kappa shape index (κ1) is 20.9. The second-order valence-corrected chi connectivity index (χ2v) is 6.83. The average Bonchev–Trinajstić information content (AvgIpc) is 3.18. The third-order valence-electron chi connectivity index (χ3n) is 4.83. The number of carbonyl (C=O) groups is 3. The summed E-state index contributed by atoms with van der Waals surface area (Å²) < 4.78 is 0. The average molecular weight is 376 g/mol. The van der Waals surface area contributed by atoms with Gasteiger partial charge in [-0.2, -0.15) is 0 Å². The number of hydroxylamine groups is 2. The monoisotopic (exact) mass is 376 g/mol. The van der Waals surface area contributed by atoms with Crippen molar-refractivity contribution in [3.8, 4) is 0 Å². The number of rotatable bonds is 11. The van der Waals surface area contributed by atoms with Crippen LogP contribution in [0.4, 0.5) is 0 Å². The smallest absolute Gasteiger partial charge is 0.326 e. The minimum atomic E-state index is -0.970. The number of amides is 2. The van der Waals surface area contributed by atoms with E-state index in [9.17, 15) is 19.5 Å². The molecule has 2 amide bonds. The van der Waals surface area contributed by atoms with Gasteiger partial charge in [0.15, 0.2) is 0 Å². The van der Waals surface area contributed by atoms with Crippen LogP contribution in [0.3, 0.4) is 0 Å². The Morgan fingerprint density at radius 3 is 2.74 bits per heavy atom. The molecule has 0 radical (unpaired) electrons. The van der Waals surface area contributed by atoms with Gasteiger partial charge < -0.3 is 10.0 Å². The zero-order valence-corrected chi connectivity index (χ0v) is 15.8. The second kappa shape index (κ2) is 10.7. The van der Waals surface area contributed by atoms with E-state index in [1.54, 1.807) is 0 Å². The van der Waals surface area contributed by atoms with Crippen molar-refractivity contribution < 1.29 is 24.3 Å². The van der Waals surface area contributed by atoms with E-state index >= 15 is 0 Å². The van der Waals surface area contributed by atoms with E-state index < -0.39 is 17.9 Å². The molecule has 1 aromatic rings. The van der Waals surface area contributed by atoms with Gasteiger partial charge in [-0.25, -0.2) is 9.86 Å². The molecule has 0 aliphatic carbocycles. The Bertz CT molecular complexity index is 622. The zero-order chi connectivity index (χ0) is 19.6. The van der Waals surface area contributed by atoms with E-state index in [0.717, 1.165) is 23.5 Å². The Morgan fingerprint density at radius 1 is 1.37 bits per heavy atom. The highest BCUT2D eigenvalue weighted by Gasteiger charge is 2.37. The molecular weight excluding hydrogens is 348 g/mol. The highest BCUT2D eigenvalue weighted by molar-refractivity contribution is 5.86. The molecule has 148 valence electrons. The zero-order valence-electron chi connectivity index (χ0n) is 15.8. The Hall–Kier alpha value is -2.41. The van der Waals surface area contributed by atoms with Crippen molar-refractivity contribution in [1.82, 2.24) is 9.96 Å². The highest BCUT2D eigenvalue weighted by atomic mass is 16.7. The lowest BCUT2D eigenvalue weighted by atomic mass is 9.99. The standard InChI is InChI=1S/C20H28N2O5/c1-2-3-10-17(19(24)22-12-7-11-18(22)20(25)26)13-21(15-23)27-14-16-8-5-4-6-9-16/h4-6,8-9,15,17-18H,2-3,7,10-14H2,1H3,(H,25,26)/t17-,18?/m1/s1. The summed E-state index contributed by atoms with van der Waals surface area (Å²) in [4.78, 5) is 42.8. The van der Waals surface area contributed by atoms with Gasteiger partial charge in [0, 0.05) is 6.54 Å². The van der Waals surface area contributed by atoms with Crippen molar-refractivity contribution in [2.45, 2.75) is 51.7 Å². The van der Waals surface area contributed by atoms with Gasteiger partial charge in [0.05, 0.1) is 12.5 Å². The van der Waals surface area contributed by atoms with E-state index in [1.807, 2.05) is 37.3 Å². The van der Waals surface area contributed by atoms with Crippen LogP contribution in [-0.2, 0) is 25.8 Å². The molecule has 1 heterocycles. The van der Waals surface area contributed by atoms with Gasteiger partial charge in [0.1, 0.15) is 12.6 Å². The first-order valence-electron chi connectivity index (χ1n) is 9.48. The van der Waals surface area contributed by atoms with Crippen molar-refractivity contribution in [1.29, 1.82) is 0 Å². The summed E-state index contributed by atoms with van der Waals surface area (Å²) in [5, 5.41) is 10.5. The first-order chi connectivity index (χ1) is 13.1. The normalized spacial score (nSPS) is 17.5. The molecule has 2 rings (SSSR count). The summed E-state index contributed by atoms with van der Waals surface area (Å²) in [6.45, 7) is 2.83. The molecule has 1 N–H and O–H groups in total. The highest BCUT2D eigenvalue weighted by Crippen LogP contribution is 2.23. The van der Waals surface area contributed by atoms with E-state index in [0.29, 0.717) is 32.2 Å². The van der Waals surface area contributed by atoms with Crippen LogP contribution in [0, 0.1) is 5.92 Å². The molecule has 0 bridgehead atoms. The van der Waals surface area contributed by atoms with Crippen LogP contribution in [-0.4, -0.2) is 52.5 Å². The third kappa shape index (κ3) is 6.06. The van der Waals surface area contributed by atoms with Crippen LogP contribution in [0.25, 0.3) is 0 Å². The van der Waals surface area contributed by atoms with Gasteiger partial charge in [0.25, 0.3) is 0 Å². The minimum Gasteiger partial charge on any atom is -0.480 e. The molecular formula is C20H28N2O5. The number of aliphatic carboxylic acids is 1. The maximum absolute atomic E-state index is 13.0. The molecule has 7 nitrogen and oxygen atoms in total. The number of carboxylic acid groups (broad SMARTS) is 1. The summed E-state index contributed by atoms with van der Waals surface area (Å²) in [5.74, 6) is -1.64. The molecule has 1 unspecified atom stereocenters. The SMILES string of the molecule is CCCC[C@H](CN(C=O)OCc1ccccc1)C(=O)N1CCCC1C(=O)O. The van der Waals surface area contributed by atoms with Gasteiger partial charge in [-0.15, -0.1) is 0 Å². The fourth-order valence-corrected chi connectivity index (χ4v) is 3.34. The topological polar surface area (TPSA) is 87.2 Å². The molecule has 7 heteroatoms. The molecule has 1 fully saturated rings. The summed E-state index contributed by atoms with van der Waals surface area (Å²) in [6, 6.07) is 8.69. The molecule has 1 aliphatic rings. The number of unbranched alkanes of at least 4 members (excludes halogenated alkanes) is 1. The first-order valence-corrected chi connectivity index (χ1v) is 9.48. The van der Waals surface area contributed by atoms with E-state index in [4.69, 9.17) is 4.84 Å². The molecule has 0 aromatic heterocycles. The molecule has 1 aliphatic heterocycles. The Morgan fingerprint density at radius 2 is 2.11 bits per heavy atom. The number of carbonyl (C=O) groups excluding carboxylic acids is 2. The van der Waals surface area contributed by atoms with Gasteiger partial charge >= 0.3 is 5.97 Å². The van der Waals surface area contributed by atoms with Crippen LogP contribution >= 0.6 is 0 Å². The van der Waals surface area contributed by atoms with Gasteiger partial charge in [0.2, 0.25) is 12.3 Å². The number of benzene rings is 1. The second-order valence-electron chi connectivity index (χ2n) is 6.83. The quantitative estimate of drug-likeness (QED) is 0.473. The molecule has 0 saturated carbocycles. The van der Waals surface area contributed by atoms with Crippen LogP contribution in [0.2, 0.25) is 0 Å². The summed E-state index contributed by atoms with van der Waals surface area (Å²) in [7, 11) is 0. The maximum atomic E-state index is 13.0. The summed E-state index contributed by atoms with van der Waals surface area (Å²) in [6.07, 6.45) is 4.07. The Balaban J connectivity index is 2.01. The predicted octanol–water partition coefficient (Wildman–Crippen LogP) is 2.46. The van der Waals surface area contributed by atoms with Crippen LogP contribution in [0.1, 0.15) is 44.6 Å². The van der Waals surface area contributed by atoms with Gasteiger partial charge in [-0.05, 0) is 24.8 Å². The lowest BCUT2D eigenvalue weighted by Gasteiger charge is -2.29. The third-order valence-corrected chi connectivity index (χ3v) is 4.83. The van der Waals surface area contributed by atoms with Crippen molar-refractivity contribution in [3.05, 3.63) is 35.9 Å². The fourth-order valence-electron chi connectivity index (χ4n) is 3.34. The summed E-state index contributed by atoms with van der Waals surface area (Å²) in [5.41, 5.74) is 0.922. The minimum absolute atomic E-state index is 0.123. The molecule has 27 heavy (non-hydrogen) atoms. The van der Waals surface area contributed by atoms with Crippen LogP contribution in [0.15, 0.2) is 30.3 Å². The number of carboxylic acids is 1. The fraction of sp³-hybridized carbons (Fsp3) is 0.550. The van der Waals surface area contributed by atoms with E-state index in [1.165, 1.54) is 4.90 Å². The van der Waals surface area contributed by atoms with Crippen molar-refractivity contribution in [3.63, 3.8) is 0 Å². The van der Waals surface area contributed by atoms with Crippen molar-refractivity contribution >= 4 is 18.3 Å². The maximum Gasteiger partial charge on any atom is 0.326 e. The molecule has 2 atom stereocenters. The summed E-state index contributed by atoms with van der Waals surface area (Å²) >= 11 is 0. The van der Waals surface area contributed by atoms with Crippen molar-refractivity contribution in [2.75, 3.05) is 13.1 Å². The molecule has 1 saturated heterocycles. The van der Waals surface area contributed by atoms with Crippen LogP contribution in [0.5, 0.6) is 0 Å². The largest absolute Gasteiger partial charge is 0.480 e. The number of hydrogen-bond acceptors (Lipinski definition) is 4. The Labute approximate surface area is 159 Å². The van der Waals surface area contributed by atoms with E-state index in [-0.39, 0.29) is 19.1 Å². The number of nitrogens with zero attached hydrogens (tertiary/aromatic N) is 2. The van der Waals surface area contributed by atoms with E-state index in [2.05, 4.69) is 0 Å². The number of hydrogen-bond donors (Lipinski definition) is 1. The van der Waals surface area contributed by atoms with Gasteiger partial charge in [-0.3, -0.25) is 14.4 Å². The van der Waals surface area contributed by atoms with Crippen molar-refractivity contribution in [2.24, 2.45) is 5.92 Å². The number of likely N-dealkylation sites (tertiary alicyclic amines) is 1. The predicted molar refractivity (Wildman–Crippen MR) is 99.4 cm³/mol.